The Kier molecular flexibility index (Phi) is 6.98. The van der Waals surface area contributed by atoms with Gasteiger partial charge in [-0.3, -0.25) is 0 Å². The third kappa shape index (κ3) is 5.08. The summed E-state index contributed by atoms with van der Waals surface area (Å²) in [5.41, 5.74) is 2.13. The fraction of sp³-hybridized carbons (Fsp3) is 0.350. The number of hydrogen-bond acceptors (Lipinski definition) is 5. The molecule has 0 radical (unpaired) electrons. The average molecular weight is 391 g/mol. The summed E-state index contributed by atoms with van der Waals surface area (Å²) in [6, 6.07) is 13.7. The van der Waals surface area contributed by atoms with E-state index in [4.69, 9.17) is 4.74 Å². The van der Waals surface area contributed by atoms with Crippen molar-refractivity contribution in [1.29, 1.82) is 0 Å². The van der Waals surface area contributed by atoms with E-state index in [1.807, 2.05) is 12.1 Å². The van der Waals surface area contributed by atoms with Gasteiger partial charge in [0.05, 0.1) is 10.5 Å². The van der Waals surface area contributed by atoms with Crippen LogP contribution in [0, 0.1) is 0 Å². The highest BCUT2D eigenvalue weighted by atomic mass is 32.2. The molecule has 0 fully saturated rings. The second kappa shape index (κ2) is 9.01. The molecule has 6 nitrogen and oxygen atoms in total. The first-order chi connectivity index (χ1) is 12.8. The van der Waals surface area contributed by atoms with Crippen molar-refractivity contribution in [2.45, 2.75) is 25.3 Å². The van der Waals surface area contributed by atoms with E-state index in [9.17, 15) is 13.2 Å². The molecular weight excluding hydrogens is 364 g/mol. The maximum Gasteiger partial charge on any atom is 0.338 e. The molecule has 2 rings (SSSR count). The summed E-state index contributed by atoms with van der Waals surface area (Å²) >= 11 is 0. The van der Waals surface area contributed by atoms with Crippen molar-refractivity contribution in [3.8, 4) is 0 Å². The van der Waals surface area contributed by atoms with Crippen molar-refractivity contribution >= 4 is 21.7 Å². The Morgan fingerprint density at radius 1 is 1.00 bits per heavy atom. The van der Waals surface area contributed by atoms with Crippen LogP contribution in [0.1, 0.15) is 29.8 Å². The number of nitrogens with zero attached hydrogens (tertiary/aromatic N) is 2. The Morgan fingerprint density at radius 3 is 2.19 bits per heavy atom. The molecule has 0 aliphatic rings. The Hall–Kier alpha value is -2.38. The van der Waals surface area contributed by atoms with Crippen molar-refractivity contribution < 1.29 is 17.9 Å². The van der Waals surface area contributed by atoms with E-state index >= 15 is 0 Å². The summed E-state index contributed by atoms with van der Waals surface area (Å²) in [6.45, 7) is 5.96. The van der Waals surface area contributed by atoms with Crippen molar-refractivity contribution in [1.82, 2.24) is 4.31 Å². The number of rotatable bonds is 8. The molecule has 7 heteroatoms. The smallest absolute Gasteiger partial charge is 0.338 e. The topological polar surface area (TPSA) is 66.9 Å². The van der Waals surface area contributed by atoms with Crippen LogP contribution in [0.4, 0.5) is 5.69 Å². The van der Waals surface area contributed by atoms with Gasteiger partial charge in [0, 0.05) is 32.9 Å². The lowest BCUT2D eigenvalue weighted by atomic mass is 10.2. The Labute approximate surface area is 161 Å². The Morgan fingerprint density at radius 2 is 1.63 bits per heavy atom. The zero-order chi connectivity index (χ0) is 20.0. The fourth-order valence-electron chi connectivity index (χ4n) is 2.64. The Balaban J connectivity index is 2.06. The van der Waals surface area contributed by atoms with Gasteiger partial charge in [-0.15, -0.1) is 0 Å². The van der Waals surface area contributed by atoms with Gasteiger partial charge in [-0.05, 0) is 55.8 Å². The van der Waals surface area contributed by atoms with E-state index in [2.05, 4.69) is 18.7 Å². The summed E-state index contributed by atoms with van der Waals surface area (Å²) in [7, 11) is -0.568. The first kappa shape index (κ1) is 20.9. The van der Waals surface area contributed by atoms with Crippen LogP contribution in [-0.2, 0) is 21.4 Å². The molecule has 0 bridgehead atoms. The van der Waals surface area contributed by atoms with Crippen LogP contribution in [0.25, 0.3) is 0 Å². The molecule has 0 atom stereocenters. The number of carbonyl (C=O) groups is 1. The zero-order valence-corrected chi connectivity index (χ0v) is 17.0. The largest absolute Gasteiger partial charge is 0.457 e. The second-order valence-corrected chi connectivity index (χ2v) is 8.38. The number of hydrogen-bond donors (Lipinski definition) is 0. The number of sulfonamides is 1. The van der Waals surface area contributed by atoms with Crippen LogP contribution in [0.5, 0.6) is 0 Å². The van der Waals surface area contributed by atoms with Gasteiger partial charge in [0.2, 0.25) is 10.0 Å². The molecule has 0 heterocycles. The van der Waals surface area contributed by atoms with Crippen LogP contribution in [0.15, 0.2) is 53.4 Å². The highest BCUT2D eigenvalue weighted by Crippen LogP contribution is 2.18. The molecule has 0 saturated carbocycles. The van der Waals surface area contributed by atoms with Gasteiger partial charge in [-0.25, -0.2) is 17.5 Å². The first-order valence-corrected chi connectivity index (χ1v) is 10.3. The van der Waals surface area contributed by atoms with Crippen molar-refractivity contribution in [3.05, 3.63) is 59.7 Å². The van der Waals surface area contributed by atoms with E-state index in [1.54, 1.807) is 24.3 Å². The lowest BCUT2D eigenvalue weighted by Crippen LogP contribution is -2.22. The molecule has 0 aliphatic heterocycles. The highest BCUT2D eigenvalue weighted by Gasteiger charge is 2.17. The van der Waals surface area contributed by atoms with Gasteiger partial charge in [0.15, 0.2) is 0 Å². The predicted molar refractivity (Wildman–Crippen MR) is 106 cm³/mol. The van der Waals surface area contributed by atoms with Gasteiger partial charge < -0.3 is 9.64 Å². The van der Waals surface area contributed by atoms with Gasteiger partial charge in [-0.1, -0.05) is 12.1 Å². The highest BCUT2D eigenvalue weighted by molar-refractivity contribution is 7.89. The second-order valence-electron chi connectivity index (χ2n) is 6.23. The van der Waals surface area contributed by atoms with Crippen LogP contribution >= 0.6 is 0 Å². The third-order valence-corrected chi connectivity index (χ3v) is 6.09. The quantitative estimate of drug-likeness (QED) is 0.648. The van der Waals surface area contributed by atoms with E-state index < -0.39 is 16.0 Å². The zero-order valence-electron chi connectivity index (χ0n) is 16.2. The Bertz CT molecular complexity index is 873. The molecule has 0 unspecified atom stereocenters. The van der Waals surface area contributed by atoms with Crippen molar-refractivity contribution in [2.75, 3.05) is 32.1 Å². The standard InChI is InChI=1S/C20H26N2O4S/c1-5-22(6-2)18-12-10-17(11-13-18)20(23)26-15-16-8-7-9-19(14-16)27(24,25)21(3)4/h7-14H,5-6,15H2,1-4H3. The van der Waals surface area contributed by atoms with Gasteiger partial charge in [0.1, 0.15) is 6.61 Å². The van der Waals surface area contributed by atoms with Gasteiger partial charge in [-0.2, -0.15) is 0 Å². The molecule has 0 aliphatic carbocycles. The van der Waals surface area contributed by atoms with Gasteiger partial charge in [0.25, 0.3) is 0 Å². The molecule has 146 valence electrons. The minimum Gasteiger partial charge on any atom is -0.457 e. The van der Waals surface area contributed by atoms with Crippen LogP contribution in [0.2, 0.25) is 0 Å². The molecule has 2 aromatic carbocycles. The summed E-state index contributed by atoms with van der Waals surface area (Å²) in [4.78, 5) is 14.6. The van der Waals surface area contributed by atoms with Crippen molar-refractivity contribution in [2.24, 2.45) is 0 Å². The normalized spacial score (nSPS) is 11.4. The molecule has 0 spiro atoms. The fourth-order valence-corrected chi connectivity index (χ4v) is 3.61. The van der Waals surface area contributed by atoms with E-state index in [1.165, 1.54) is 26.2 Å². The molecule has 2 aromatic rings. The van der Waals surface area contributed by atoms with E-state index in [-0.39, 0.29) is 11.5 Å². The molecule has 0 saturated heterocycles. The maximum absolute atomic E-state index is 12.3. The molecule has 0 amide bonds. The van der Waals surface area contributed by atoms with Gasteiger partial charge >= 0.3 is 5.97 Å². The first-order valence-electron chi connectivity index (χ1n) is 8.83. The lowest BCUT2D eigenvalue weighted by molar-refractivity contribution is 0.0472. The lowest BCUT2D eigenvalue weighted by Gasteiger charge is -2.20. The van der Waals surface area contributed by atoms with E-state index in [0.29, 0.717) is 11.1 Å². The van der Waals surface area contributed by atoms with Crippen molar-refractivity contribution in [3.63, 3.8) is 0 Å². The number of carbonyl (C=O) groups excluding carboxylic acids is 1. The summed E-state index contributed by atoms with van der Waals surface area (Å²) in [5.74, 6) is -0.443. The minimum absolute atomic E-state index is 0.00736. The number of anilines is 1. The number of esters is 1. The van der Waals surface area contributed by atoms with Crippen LogP contribution < -0.4 is 4.90 Å². The minimum atomic E-state index is -3.52. The maximum atomic E-state index is 12.3. The number of benzene rings is 2. The molecule has 0 N–H and O–H groups in total. The summed E-state index contributed by atoms with van der Waals surface area (Å²) in [5, 5.41) is 0. The predicted octanol–water partition coefficient (Wildman–Crippen LogP) is 3.14. The third-order valence-electron chi connectivity index (χ3n) is 4.28. The molecular formula is C20H26N2O4S. The monoisotopic (exact) mass is 390 g/mol. The number of ether oxygens (including phenoxy) is 1. The molecule has 0 aromatic heterocycles. The summed E-state index contributed by atoms with van der Waals surface area (Å²) < 4.78 is 30.9. The van der Waals surface area contributed by atoms with E-state index in [0.717, 1.165) is 23.1 Å². The SMILES string of the molecule is CCN(CC)c1ccc(C(=O)OCc2cccc(S(=O)(=O)N(C)C)c2)cc1. The van der Waals surface area contributed by atoms with Crippen LogP contribution in [0.3, 0.4) is 0 Å². The molecule has 27 heavy (non-hydrogen) atoms. The average Bonchev–Trinajstić information content (AvgIpc) is 2.67. The van der Waals surface area contributed by atoms with Crippen LogP contribution in [-0.4, -0.2) is 45.9 Å². The summed E-state index contributed by atoms with van der Waals surface area (Å²) in [6.07, 6.45) is 0.